The Morgan fingerprint density at radius 3 is 2.38 bits per heavy atom. The Bertz CT molecular complexity index is 559. The molecule has 1 aromatic carbocycles. The number of anilines is 2. The molecule has 24 heavy (non-hydrogen) atoms. The quantitative estimate of drug-likeness (QED) is 0.576. The van der Waals surface area contributed by atoms with Gasteiger partial charge in [-0.1, -0.05) is 33.8 Å². The lowest BCUT2D eigenvalue weighted by atomic mass is 10.0. The van der Waals surface area contributed by atoms with Gasteiger partial charge in [-0.25, -0.2) is 0 Å². The first-order valence-corrected chi connectivity index (χ1v) is 9.14. The molecule has 4 nitrogen and oxygen atoms in total. The van der Waals surface area contributed by atoms with Crippen LogP contribution >= 0.6 is 0 Å². The standard InChI is InChI=1S/C20H32N2O2/c1-6-24-20(23)17-10-16(17)15-7-8-19(18(21)9-15)22(11-13(2)3)12-14(4)5/h7-9,13-14,16-17H,6,10-12,21H2,1-5H3. The molecule has 0 aliphatic heterocycles. The van der Waals surface area contributed by atoms with Crippen LogP contribution < -0.4 is 10.6 Å². The second kappa shape index (κ2) is 7.91. The molecule has 2 atom stereocenters. The lowest BCUT2D eigenvalue weighted by Gasteiger charge is -2.30. The van der Waals surface area contributed by atoms with Crippen molar-refractivity contribution in [3.8, 4) is 0 Å². The normalized spacial score (nSPS) is 19.6. The highest BCUT2D eigenvalue weighted by Gasteiger charge is 2.45. The highest BCUT2D eigenvalue weighted by atomic mass is 16.5. The molecule has 2 rings (SSSR count). The molecular formula is C20H32N2O2. The molecule has 2 N–H and O–H groups in total. The molecule has 134 valence electrons. The van der Waals surface area contributed by atoms with Gasteiger partial charge in [0.2, 0.25) is 0 Å². The van der Waals surface area contributed by atoms with Crippen LogP contribution in [-0.4, -0.2) is 25.7 Å². The van der Waals surface area contributed by atoms with Crippen molar-refractivity contribution >= 4 is 17.3 Å². The fourth-order valence-corrected chi connectivity index (χ4v) is 3.32. The van der Waals surface area contributed by atoms with Gasteiger partial charge in [-0.3, -0.25) is 4.79 Å². The summed E-state index contributed by atoms with van der Waals surface area (Å²) in [6.45, 7) is 13.2. The maximum absolute atomic E-state index is 11.8. The molecule has 1 saturated carbocycles. The molecule has 1 aliphatic carbocycles. The molecule has 2 unspecified atom stereocenters. The van der Waals surface area contributed by atoms with Crippen molar-refractivity contribution < 1.29 is 9.53 Å². The fourth-order valence-electron chi connectivity index (χ4n) is 3.32. The third kappa shape index (κ3) is 4.65. The third-order valence-electron chi connectivity index (χ3n) is 4.37. The number of nitrogens with two attached hydrogens (primary N) is 1. The van der Waals surface area contributed by atoms with Crippen LogP contribution in [0.3, 0.4) is 0 Å². The Morgan fingerprint density at radius 2 is 1.88 bits per heavy atom. The summed E-state index contributed by atoms with van der Waals surface area (Å²) >= 11 is 0. The lowest BCUT2D eigenvalue weighted by Crippen LogP contribution is -2.31. The number of hydrogen-bond donors (Lipinski definition) is 1. The number of nitrogens with zero attached hydrogens (tertiary/aromatic N) is 1. The third-order valence-corrected chi connectivity index (χ3v) is 4.37. The molecule has 0 bridgehead atoms. The molecule has 0 amide bonds. The summed E-state index contributed by atoms with van der Waals surface area (Å²) in [5.74, 6) is 1.37. The van der Waals surface area contributed by atoms with Crippen molar-refractivity contribution in [1.29, 1.82) is 0 Å². The zero-order valence-electron chi connectivity index (χ0n) is 15.7. The highest BCUT2D eigenvalue weighted by Crippen LogP contribution is 2.49. The Hall–Kier alpha value is -1.71. The zero-order chi connectivity index (χ0) is 17.9. The van der Waals surface area contributed by atoms with E-state index in [1.807, 2.05) is 13.0 Å². The first-order chi connectivity index (χ1) is 11.3. The molecule has 1 fully saturated rings. The first kappa shape index (κ1) is 18.6. The second-order valence-corrected chi connectivity index (χ2v) is 7.71. The van der Waals surface area contributed by atoms with E-state index in [2.05, 4.69) is 44.7 Å². The maximum atomic E-state index is 11.8. The van der Waals surface area contributed by atoms with E-state index in [9.17, 15) is 4.79 Å². The molecule has 1 aliphatic rings. The van der Waals surface area contributed by atoms with Crippen LogP contribution in [0, 0.1) is 17.8 Å². The van der Waals surface area contributed by atoms with Crippen molar-refractivity contribution in [2.45, 2.75) is 47.0 Å². The van der Waals surface area contributed by atoms with Gasteiger partial charge >= 0.3 is 5.97 Å². The number of rotatable bonds is 8. The minimum absolute atomic E-state index is 0.0117. The second-order valence-electron chi connectivity index (χ2n) is 7.71. The van der Waals surface area contributed by atoms with Gasteiger partial charge in [-0.15, -0.1) is 0 Å². The Morgan fingerprint density at radius 1 is 1.25 bits per heavy atom. The zero-order valence-corrected chi connectivity index (χ0v) is 15.7. The van der Waals surface area contributed by atoms with E-state index in [1.54, 1.807) is 0 Å². The fraction of sp³-hybridized carbons (Fsp3) is 0.650. The Labute approximate surface area is 146 Å². The van der Waals surface area contributed by atoms with E-state index in [0.717, 1.165) is 36.4 Å². The molecule has 4 heteroatoms. The van der Waals surface area contributed by atoms with Crippen LogP contribution in [0.1, 0.15) is 52.5 Å². The van der Waals surface area contributed by atoms with Crippen molar-refractivity contribution in [2.75, 3.05) is 30.3 Å². The van der Waals surface area contributed by atoms with Crippen LogP contribution in [0.4, 0.5) is 11.4 Å². The smallest absolute Gasteiger partial charge is 0.309 e. The van der Waals surface area contributed by atoms with Gasteiger partial charge in [0.05, 0.1) is 23.9 Å². The average Bonchev–Trinajstić information content (AvgIpc) is 3.26. The molecule has 0 aromatic heterocycles. The Kier molecular flexibility index (Phi) is 6.14. The number of hydrogen-bond acceptors (Lipinski definition) is 4. The molecule has 1 aromatic rings. The molecule has 0 spiro atoms. The van der Waals surface area contributed by atoms with Gasteiger partial charge < -0.3 is 15.4 Å². The average molecular weight is 332 g/mol. The first-order valence-electron chi connectivity index (χ1n) is 9.14. The number of ether oxygens (including phenoxy) is 1. The summed E-state index contributed by atoms with van der Waals surface area (Å²) in [7, 11) is 0. The summed E-state index contributed by atoms with van der Waals surface area (Å²) in [6, 6.07) is 6.30. The van der Waals surface area contributed by atoms with Crippen molar-refractivity contribution in [1.82, 2.24) is 0 Å². The number of carbonyl (C=O) groups is 1. The number of esters is 1. The van der Waals surface area contributed by atoms with Gasteiger partial charge in [0.15, 0.2) is 0 Å². The summed E-state index contributed by atoms with van der Waals surface area (Å²) in [4.78, 5) is 14.2. The van der Waals surface area contributed by atoms with Crippen LogP contribution in [0.2, 0.25) is 0 Å². The van der Waals surface area contributed by atoms with Gasteiger partial charge in [-0.2, -0.15) is 0 Å². The van der Waals surface area contributed by atoms with Gasteiger partial charge in [-0.05, 0) is 48.8 Å². The van der Waals surface area contributed by atoms with Gasteiger partial charge in [0.1, 0.15) is 0 Å². The number of nitrogen functional groups attached to an aromatic ring is 1. The lowest BCUT2D eigenvalue weighted by molar-refractivity contribution is -0.144. The minimum atomic E-state index is -0.0774. The van der Waals surface area contributed by atoms with Crippen molar-refractivity contribution in [3.63, 3.8) is 0 Å². The van der Waals surface area contributed by atoms with E-state index < -0.39 is 0 Å². The van der Waals surface area contributed by atoms with E-state index >= 15 is 0 Å². The van der Waals surface area contributed by atoms with Gasteiger partial charge in [0.25, 0.3) is 0 Å². The van der Waals surface area contributed by atoms with E-state index in [4.69, 9.17) is 10.5 Å². The minimum Gasteiger partial charge on any atom is -0.466 e. The monoisotopic (exact) mass is 332 g/mol. The predicted molar refractivity (Wildman–Crippen MR) is 100 cm³/mol. The van der Waals surface area contributed by atoms with Crippen LogP contribution in [0.5, 0.6) is 0 Å². The van der Waals surface area contributed by atoms with E-state index in [0.29, 0.717) is 18.4 Å². The SMILES string of the molecule is CCOC(=O)C1CC1c1ccc(N(CC(C)C)CC(C)C)c(N)c1. The largest absolute Gasteiger partial charge is 0.466 e. The van der Waals surface area contributed by atoms with Crippen LogP contribution in [0.25, 0.3) is 0 Å². The number of carbonyl (C=O) groups excluding carboxylic acids is 1. The summed E-state index contributed by atoms with van der Waals surface area (Å²) in [6.07, 6.45) is 0.874. The maximum Gasteiger partial charge on any atom is 0.309 e. The summed E-state index contributed by atoms with van der Waals surface area (Å²) in [5.41, 5.74) is 9.43. The molecule has 0 heterocycles. The van der Waals surface area contributed by atoms with E-state index in [1.165, 1.54) is 0 Å². The summed E-state index contributed by atoms with van der Waals surface area (Å²) in [5, 5.41) is 0. The van der Waals surface area contributed by atoms with E-state index in [-0.39, 0.29) is 17.8 Å². The van der Waals surface area contributed by atoms with Gasteiger partial charge in [0, 0.05) is 13.1 Å². The molecular weight excluding hydrogens is 300 g/mol. The summed E-state index contributed by atoms with van der Waals surface area (Å²) < 4.78 is 5.12. The molecule has 0 radical (unpaired) electrons. The number of benzene rings is 1. The van der Waals surface area contributed by atoms with Crippen molar-refractivity contribution in [3.05, 3.63) is 23.8 Å². The topological polar surface area (TPSA) is 55.6 Å². The predicted octanol–water partition coefficient (Wildman–Crippen LogP) is 4.05. The van der Waals surface area contributed by atoms with Crippen LogP contribution in [0.15, 0.2) is 18.2 Å². The highest BCUT2D eigenvalue weighted by molar-refractivity contribution is 5.78. The Balaban J connectivity index is 2.12. The van der Waals surface area contributed by atoms with Crippen LogP contribution in [-0.2, 0) is 9.53 Å². The van der Waals surface area contributed by atoms with Crippen molar-refractivity contribution in [2.24, 2.45) is 17.8 Å². The molecule has 0 saturated heterocycles.